The zero-order valence-corrected chi connectivity index (χ0v) is 23.2. The van der Waals surface area contributed by atoms with E-state index in [0.29, 0.717) is 25.8 Å². The van der Waals surface area contributed by atoms with E-state index in [1.54, 1.807) is 23.4 Å². The summed E-state index contributed by atoms with van der Waals surface area (Å²) in [5.74, 6) is -0.00408. The minimum Gasteiger partial charge on any atom is -0.340 e. The number of aromatic nitrogens is 2. The minimum absolute atomic E-state index is 0.00408. The molecule has 4 aromatic rings. The van der Waals surface area contributed by atoms with Gasteiger partial charge in [0.15, 0.2) is 0 Å². The van der Waals surface area contributed by atoms with E-state index in [2.05, 4.69) is 9.71 Å². The summed E-state index contributed by atoms with van der Waals surface area (Å²) >= 11 is 0. The summed E-state index contributed by atoms with van der Waals surface area (Å²) in [5, 5.41) is 0. The lowest BCUT2D eigenvalue weighted by molar-refractivity contribution is -0.118. The van der Waals surface area contributed by atoms with Crippen LogP contribution in [0.4, 0.5) is 5.69 Å². The van der Waals surface area contributed by atoms with Crippen LogP contribution in [0.15, 0.2) is 90.2 Å². The van der Waals surface area contributed by atoms with E-state index in [9.17, 15) is 13.2 Å². The quantitative estimate of drug-likeness (QED) is 0.302. The number of carbonyl (C=O) groups excluding carboxylic acids is 1. The van der Waals surface area contributed by atoms with Crippen molar-refractivity contribution in [2.45, 2.75) is 56.5 Å². The molecule has 0 spiro atoms. The molecule has 0 aliphatic heterocycles. The highest BCUT2D eigenvalue weighted by molar-refractivity contribution is 7.89. The summed E-state index contributed by atoms with van der Waals surface area (Å²) in [6.07, 6.45) is 6.94. The standard InChI is InChI=1S/C31H34N4O3S/c1-3-23-9-15-28(16-10-23)39(37,38)33-30-17-13-25-12-14-27(19-29(25)30)35(21-26-20-34(2)22-32-26)31(36)18-11-24-7-5-4-6-8-24/h4-10,12,14-16,19-20,22,30,33H,3,11,13,17-18,21H2,1-2H3. The molecule has 1 unspecified atom stereocenters. The number of nitrogens with one attached hydrogen (secondary N) is 1. The summed E-state index contributed by atoms with van der Waals surface area (Å²) in [5.41, 5.74) is 5.76. The van der Waals surface area contributed by atoms with Crippen molar-refractivity contribution >= 4 is 21.6 Å². The second-order valence-electron chi connectivity index (χ2n) is 10.1. The highest BCUT2D eigenvalue weighted by Crippen LogP contribution is 2.35. The van der Waals surface area contributed by atoms with Gasteiger partial charge in [0.1, 0.15) is 0 Å². The molecular weight excluding hydrogens is 508 g/mol. The predicted octanol–water partition coefficient (Wildman–Crippen LogP) is 5.11. The summed E-state index contributed by atoms with van der Waals surface area (Å²) in [6.45, 7) is 2.38. The number of imidazole rings is 1. The third kappa shape index (κ3) is 6.29. The second kappa shape index (κ2) is 11.6. The molecule has 0 saturated heterocycles. The Balaban J connectivity index is 1.40. The van der Waals surface area contributed by atoms with E-state index in [1.807, 2.05) is 85.4 Å². The fraction of sp³-hybridized carbons (Fsp3) is 0.290. The van der Waals surface area contributed by atoms with Crippen LogP contribution < -0.4 is 9.62 Å². The van der Waals surface area contributed by atoms with Crippen LogP contribution >= 0.6 is 0 Å². The van der Waals surface area contributed by atoms with Crippen LogP contribution in [0, 0.1) is 0 Å². The molecule has 5 rings (SSSR count). The molecule has 0 saturated carbocycles. The van der Waals surface area contributed by atoms with Gasteiger partial charge in [-0.3, -0.25) is 4.79 Å². The van der Waals surface area contributed by atoms with Gasteiger partial charge in [0, 0.05) is 31.4 Å². The summed E-state index contributed by atoms with van der Waals surface area (Å²) in [6, 6.07) is 22.6. The minimum atomic E-state index is -3.69. The fourth-order valence-corrected chi connectivity index (χ4v) is 6.35. The van der Waals surface area contributed by atoms with Gasteiger partial charge in [-0.05, 0) is 72.2 Å². The number of fused-ring (bicyclic) bond motifs is 1. The average Bonchev–Trinajstić information content (AvgIpc) is 3.55. The van der Waals surface area contributed by atoms with E-state index in [-0.39, 0.29) is 16.8 Å². The molecule has 3 aromatic carbocycles. The van der Waals surface area contributed by atoms with Gasteiger partial charge >= 0.3 is 0 Å². The van der Waals surface area contributed by atoms with Crippen molar-refractivity contribution in [2.24, 2.45) is 7.05 Å². The third-order valence-corrected chi connectivity index (χ3v) is 8.80. The number of sulfonamides is 1. The van der Waals surface area contributed by atoms with Crippen molar-refractivity contribution in [1.82, 2.24) is 14.3 Å². The number of carbonyl (C=O) groups is 1. The van der Waals surface area contributed by atoms with Gasteiger partial charge in [-0.25, -0.2) is 18.1 Å². The Hall–Kier alpha value is -3.75. The van der Waals surface area contributed by atoms with E-state index in [0.717, 1.165) is 46.5 Å². The number of hydrogen-bond donors (Lipinski definition) is 1. The lowest BCUT2D eigenvalue weighted by Crippen LogP contribution is -2.31. The Labute approximate surface area is 230 Å². The fourth-order valence-electron chi connectivity index (χ4n) is 5.10. The van der Waals surface area contributed by atoms with Crippen LogP contribution in [0.25, 0.3) is 0 Å². The van der Waals surface area contributed by atoms with Gasteiger partial charge in [0.05, 0.1) is 23.5 Å². The van der Waals surface area contributed by atoms with Gasteiger partial charge in [0.25, 0.3) is 0 Å². The van der Waals surface area contributed by atoms with Crippen molar-refractivity contribution in [3.8, 4) is 0 Å². The molecule has 0 fully saturated rings. The molecule has 1 aromatic heterocycles. The first-order valence-electron chi connectivity index (χ1n) is 13.4. The Morgan fingerprint density at radius 2 is 1.82 bits per heavy atom. The largest absolute Gasteiger partial charge is 0.340 e. The monoisotopic (exact) mass is 542 g/mol. The Morgan fingerprint density at radius 1 is 1.05 bits per heavy atom. The number of nitrogens with zero attached hydrogens (tertiary/aromatic N) is 3. The van der Waals surface area contributed by atoms with Crippen molar-refractivity contribution in [1.29, 1.82) is 0 Å². The number of hydrogen-bond acceptors (Lipinski definition) is 4. The third-order valence-electron chi connectivity index (χ3n) is 7.31. The second-order valence-corrected chi connectivity index (χ2v) is 11.8. The molecule has 0 radical (unpaired) electrons. The molecule has 1 amide bonds. The summed E-state index contributed by atoms with van der Waals surface area (Å²) in [7, 11) is -1.79. The molecule has 1 N–H and O–H groups in total. The number of aryl methyl sites for hydroxylation is 4. The van der Waals surface area contributed by atoms with Gasteiger partial charge in [-0.15, -0.1) is 0 Å². The molecule has 202 valence electrons. The number of benzene rings is 3. The first-order valence-corrected chi connectivity index (χ1v) is 14.9. The van der Waals surface area contributed by atoms with Crippen LogP contribution in [0.2, 0.25) is 0 Å². The Kier molecular flexibility index (Phi) is 7.95. The number of anilines is 1. The van der Waals surface area contributed by atoms with Crippen LogP contribution in [-0.4, -0.2) is 23.9 Å². The maximum Gasteiger partial charge on any atom is 0.241 e. The van der Waals surface area contributed by atoms with Crippen LogP contribution in [0.1, 0.15) is 53.8 Å². The first-order chi connectivity index (χ1) is 18.8. The van der Waals surface area contributed by atoms with Crippen molar-refractivity contribution < 1.29 is 13.2 Å². The maximum absolute atomic E-state index is 13.6. The smallest absolute Gasteiger partial charge is 0.241 e. The SMILES string of the molecule is CCc1ccc(S(=O)(=O)NC2CCc3ccc(N(Cc4cn(C)cn4)C(=O)CCc4ccccc4)cc32)cc1. The van der Waals surface area contributed by atoms with Crippen LogP contribution in [0.3, 0.4) is 0 Å². The number of rotatable bonds is 10. The molecule has 39 heavy (non-hydrogen) atoms. The lowest BCUT2D eigenvalue weighted by Gasteiger charge is -2.24. The molecule has 0 bridgehead atoms. The highest BCUT2D eigenvalue weighted by atomic mass is 32.2. The molecule has 1 aliphatic carbocycles. The van der Waals surface area contributed by atoms with E-state index < -0.39 is 10.0 Å². The highest BCUT2D eigenvalue weighted by Gasteiger charge is 2.29. The van der Waals surface area contributed by atoms with E-state index >= 15 is 0 Å². The normalized spacial score (nSPS) is 14.8. The summed E-state index contributed by atoms with van der Waals surface area (Å²) in [4.78, 5) is 20.0. The zero-order valence-electron chi connectivity index (χ0n) is 22.4. The van der Waals surface area contributed by atoms with E-state index in [1.165, 1.54) is 0 Å². The van der Waals surface area contributed by atoms with Gasteiger partial charge < -0.3 is 9.47 Å². The Bertz CT molecular complexity index is 1550. The molecular formula is C31H34N4O3S. The van der Waals surface area contributed by atoms with Crippen LogP contribution in [-0.2, 0) is 47.7 Å². The predicted molar refractivity (Wildman–Crippen MR) is 153 cm³/mol. The van der Waals surface area contributed by atoms with Crippen molar-refractivity contribution in [3.63, 3.8) is 0 Å². The van der Waals surface area contributed by atoms with Crippen molar-refractivity contribution in [2.75, 3.05) is 4.90 Å². The first kappa shape index (κ1) is 26.8. The molecule has 1 heterocycles. The summed E-state index contributed by atoms with van der Waals surface area (Å²) < 4.78 is 31.2. The molecule has 1 aliphatic rings. The van der Waals surface area contributed by atoms with Gasteiger partial charge in [-0.1, -0.05) is 55.5 Å². The van der Waals surface area contributed by atoms with E-state index in [4.69, 9.17) is 0 Å². The molecule has 7 nitrogen and oxygen atoms in total. The molecule has 1 atom stereocenters. The maximum atomic E-state index is 13.6. The topological polar surface area (TPSA) is 84.3 Å². The van der Waals surface area contributed by atoms with Gasteiger partial charge in [0.2, 0.25) is 15.9 Å². The zero-order chi connectivity index (χ0) is 27.4. The lowest BCUT2D eigenvalue weighted by atomic mass is 10.1. The molecule has 8 heteroatoms. The van der Waals surface area contributed by atoms with Crippen LogP contribution in [0.5, 0.6) is 0 Å². The van der Waals surface area contributed by atoms with Crippen molar-refractivity contribution in [3.05, 3.63) is 113 Å². The van der Waals surface area contributed by atoms with Gasteiger partial charge in [-0.2, -0.15) is 0 Å². The number of amides is 1. The Morgan fingerprint density at radius 3 is 2.51 bits per heavy atom. The average molecular weight is 543 g/mol.